The summed E-state index contributed by atoms with van der Waals surface area (Å²) >= 11 is 0. The molecule has 3 heterocycles. The van der Waals surface area contributed by atoms with Gasteiger partial charge in [-0.15, -0.1) is 0 Å². The minimum absolute atomic E-state index is 0.128. The summed E-state index contributed by atoms with van der Waals surface area (Å²) in [6.45, 7) is 5.82. The SMILES string of the molecule is CC1(c2nc3cc4c(cc3[nH]2)OCCCO4)CCNCC1. The molecule has 2 aromatic rings. The van der Waals surface area contributed by atoms with Gasteiger partial charge in [0.25, 0.3) is 0 Å². The molecule has 5 nitrogen and oxygen atoms in total. The highest BCUT2D eigenvalue weighted by Crippen LogP contribution is 2.36. The van der Waals surface area contributed by atoms with Crippen LogP contribution in [-0.2, 0) is 5.41 Å². The Bertz CT molecular complexity index is 616. The molecule has 1 fully saturated rings. The van der Waals surface area contributed by atoms with Crippen LogP contribution in [0.15, 0.2) is 12.1 Å². The van der Waals surface area contributed by atoms with Crippen molar-refractivity contribution in [2.24, 2.45) is 0 Å². The Morgan fingerprint density at radius 2 is 1.81 bits per heavy atom. The number of imidazole rings is 1. The van der Waals surface area contributed by atoms with E-state index in [1.165, 1.54) is 0 Å². The van der Waals surface area contributed by atoms with Crippen LogP contribution in [0.2, 0.25) is 0 Å². The maximum atomic E-state index is 5.75. The summed E-state index contributed by atoms with van der Waals surface area (Å²) in [6.07, 6.45) is 3.14. The first-order chi connectivity index (χ1) is 10.2. The Labute approximate surface area is 124 Å². The minimum atomic E-state index is 0.128. The third-order valence-corrected chi connectivity index (χ3v) is 4.63. The van der Waals surface area contributed by atoms with Crippen LogP contribution in [0, 0.1) is 0 Å². The van der Waals surface area contributed by atoms with E-state index in [4.69, 9.17) is 14.5 Å². The zero-order valence-electron chi connectivity index (χ0n) is 12.4. The Balaban J connectivity index is 1.76. The van der Waals surface area contributed by atoms with Gasteiger partial charge in [-0.25, -0.2) is 4.98 Å². The van der Waals surface area contributed by atoms with E-state index in [0.29, 0.717) is 13.2 Å². The average Bonchev–Trinajstić information content (AvgIpc) is 2.78. The van der Waals surface area contributed by atoms with Crippen molar-refractivity contribution in [1.29, 1.82) is 0 Å². The molecule has 2 N–H and O–H groups in total. The number of rotatable bonds is 1. The van der Waals surface area contributed by atoms with Crippen molar-refractivity contribution in [2.45, 2.75) is 31.6 Å². The van der Waals surface area contributed by atoms with Crippen LogP contribution in [0.5, 0.6) is 11.5 Å². The third-order valence-electron chi connectivity index (χ3n) is 4.63. The van der Waals surface area contributed by atoms with E-state index in [0.717, 1.165) is 60.7 Å². The standard InChI is InChI=1S/C16H21N3O2/c1-16(3-5-17-6-4-16)15-18-11-9-13-14(10-12(11)19-15)21-8-2-7-20-13/h9-10,17H,2-8H2,1H3,(H,18,19). The van der Waals surface area contributed by atoms with Crippen molar-refractivity contribution < 1.29 is 9.47 Å². The molecular formula is C16H21N3O2. The fourth-order valence-electron chi connectivity index (χ4n) is 3.17. The highest BCUT2D eigenvalue weighted by atomic mass is 16.5. The fourth-order valence-corrected chi connectivity index (χ4v) is 3.17. The Morgan fingerprint density at radius 1 is 1.10 bits per heavy atom. The largest absolute Gasteiger partial charge is 0.489 e. The summed E-state index contributed by atoms with van der Waals surface area (Å²) in [6, 6.07) is 4.03. The number of nitrogens with zero attached hydrogens (tertiary/aromatic N) is 1. The molecular weight excluding hydrogens is 266 g/mol. The Morgan fingerprint density at radius 3 is 2.57 bits per heavy atom. The van der Waals surface area contributed by atoms with Gasteiger partial charge in [0, 0.05) is 24.0 Å². The number of nitrogens with one attached hydrogen (secondary N) is 2. The molecule has 0 unspecified atom stereocenters. The number of benzene rings is 1. The molecule has 4 rings (SSSR count). The second kappa shape index (κ2) is 4.91. The van der Waals surface area contributed by atoms with Crippen LogP contribution in [0.25, 0.3) is 11.0 Å². The van der Waals surface area contributed by atoms with Crippen molar-refractivity contribution in [2.75, 3.05) is 26.3 Å². The molecule has 0 bridgehead atoms. The third kappa shape index (κ3) is 2.25. The summed E-state index contributed by atoms with van der Waals surface area (Å²) in [5.41, 5.74) is 2.13. The number of aromatic nitrogens is 2. The molecule has 1 saturated heterocycles. The molecule has 2 aliphatic rings. The number of ether oxygens (including phenoxy) is 2. The minimum Gasteiger partial charge on any atom is -0.489 e. The number of aromatic amines is 1. The maximum Gasteiger partial charge on any atom is 0.163 e. The van der Waals surface area contributed by atoms with Crippen molar-refractivity contribution in [1.82, 2.24) is 15.3 Å². The fraction of sp³-hybridized carbons (Fsp3) is 0.562. The molecule has 2 aliphatic heterocycles. The predicted octanol–water partition coefficient (Wildman–Crippen LogP) is 2.37. The maximum absolute atomic E-state index is 5.75. The lowest BCUT2D eigenvalue weighted by Gasteiger charge is -2.32. The summed E-state index contributed by atoms with van der Waals surface area (Å²) in [4.78, 5) is 8.33. The van der Waals surface area contributed by atoms with Gasteiger partial charge in [-0.05, 0) is 25.9 Å². The van der Waals surface area contributed by atoms with Crippen LogP contribution >= 0.6 is 0 Å². The first-order valence-corrected chi connectivity index (χ1v) is 7.75. The lowest BCUT2D eigenvalue weighted by Crippen LogP contribution is -2.38. The van der Waals surface area contributed by atoms with Gasteiger partial charge >= 0.3 is 0 Å². The van der Waals surface area contributed by atoms with E-state index in [1.807, 2.05) is 12.1 Å². The zero-order chi connectivity index (χ0) is 14.3. The average molecular weight is 287 g/mol. The van der Waals surface area contributed by atoms with Gasteiger partial charge in [0.1, 0.15) is 5.82 Å². The first kappa shape index (κ1) is 13.0. The van der Waals surface area contributed by atoms with Crippen LogP contribution in [0.4, 0.5) is 0 Å². The lowest BCUT2D eigenvalue weighted by atomic mass is 9.80. The summed E-state index contributed by atoms with van der Waals surface area (Å²) in [7, 11) is 0. The van der Waals surface area contributed by atoms with E-state index in [9.17, 15) is 0 Å². The van der Waals surface area contributed by atoms with Crippen molar-refractivity contribution >= 4 is 11.0 Å². The van der Waals surface area contributed by atoms with Crippen LogP contribution in [0.1, 0.15) is 32.0 Å². The zero-order valence-corrected chi connectivity index (χ0v) is 12.4. The van der Waals surface area contributed by atoms with Crippen LogP contribution in [0.3, 0.4) is 0 Å². The van der Waals surface area contributed by atoms with E-state index >= 15 is 0 Å². The van der Waals surface area contributed by atoms with Crippen molar-refractivity contribution in [3.8, 4) is 11.5 Å². The Kier molecular flexibility index (Phi) is 3.03. The molecule has 1 aromatic carbocycles. The van der Waals surface area contributed by atoms with E-state index in [-0.39, 0.29) is 5.41 Å². The topological polar surface area (TPSA) is 59.2 Å². The molecule has 112 valence electrons. The normalized spacial score (nSPS) is 21.2. The van der Waals surface area contributed by atoms with Crippen molar-refractivity contribution in [3.63, 3.8) is 0 Å². The Hall–Kier alpha value is -1.75. The molecule has 1 aromatic heterocycles. The van der Waals surface area contributed by atoms with Crippen LogP contribution in [-0.4, -0.2) is 36.3 Å². The van der Waals surface area contributed by atoms with E-state index in [2.05, 4.69) is 17.2 Å². The number of hydrogen-bond donors (Lipinski definition) is 2. The highest BCUT2D eigenvalue weighted by Gasteiger charge is 2.32. The monoisotopic (exact) mass is 287 g/mol. The lowest BCUT2D eigenvalue weighted by molar-refractivity contribution is 0.297. The summed E-state index contributed by atoms with van der Waals surface area (Å²) < 4.78 is 11.5. The van der Waals surface area contributed by atoms with Gasteiger partial charge < -0.3 is 19.8 Å². The second-order valence-corrected chi connectivity index (χ2v) is 6.26. The highest BCUT2D eigenvalue weighted by molar-refractivity contribution is 5.80. The number of piperidine rings is 1. The molecule has 0 aliphatic carbocycles. The summed E-state index contributed by atoms with van der Waals surface area (Å²) in [5, 5.41) is 3.41. The van der Waals surface area contributed by atoms with Gasteiger partial charge in [-0.1, -0.05) is 6.92 Å². The number of H-pyrrole nitrogens is 1. The predicted molar refractivity (Wildman–Crippen MR) is 81.2 cm³/mol. The smallest absolute Gasteiger partial charge is 0.163 e. The van der Waals surface area contributed by atoms with E-state index in [1.54, 1.807) is 0 Å². The van der Waals surface area contributed by atoms with Gasteiger partial charge in [-0.2, -0.15) is 0 Å². The molecule has 21 heavy (non-hydrogen) atoms. The number of fused-ring (bicyclic) bond motifs is 2. The molecule has 0 amide bonds. The van der Waals surface area contributed by atoms with Gasteiger partial charge in [-0.3, -0.25) is 0 Å². The first-order valence-electron chi connectivity index (χ1n) is 7.75. The molecule has 0 atom stereocenters. The van der Waals surface area contributed by atoms with Gasteiger partial charge in [0.15, 0.2) is 11.5 Å². The second-order valence-electron chi connectivity index (χ2n) is 6.26. The molecule has 5 heteroatoms. The summed E-state index contributed by atoms with van der Waals surface area (Å²) in [5.74, 6) is 2.72. The molecule has 0 radical (unpaired) electrons. The van der Waals surface area contributed by atoms with Crippen LogP contribution < -0.4 is 14.8 Å². The van der Waals surface area contributed by atoms with Gasteiger partial charge in [0.05, 0.1) is 24.2 Å². The quantitative estimate of drug-likeness (QED) is 0.845. The molecule has 0 saturated carbocycles. The number of hydrogen-bond acceptors (Lipinski definition) is 4. The van der Waals surface area contributed by atoms with Gasteiger partial charge in [0.2, 0.25) is 0 Å². The van der Waals surface area contributed by atoms with Crippen molar-refractivity contribution in [3.05, 3.63) is 18.0 Å². The molecule has 0 spiro atoms. The van der Waals surface area contributed by atoms with E-state index < -0.39 is 0 Å².